The quantitative estimate of drug-likeness (QED) is 0.510. The van der Waals surface area contributed by atoms with Gasteiger partial charge in [-0.25, -0.2) is 13.4 Å². The molecule has 0 spiro atoms. The van der Waals surface area contributed by atoms with Gasteiger partial charge in [0.25, 0.3) is 0 Å². The fourth-order valence-corrected chi connectivity index (χ4v) is 4.08. The predicted octanol–water partition coefficient (Wildman–Crippen LogP) is 4.13. The van der Waals surface area contributed by atoms with E-state index >= 15 is 0 Å². The first-order valence-corrected chi connectivity index (χ1v) is 11.1. The summed E-state index contributed by atoms with van der Waals surface area (Å²) in [5.74, 6) is 0. The van der Waals surface area contributed by atoms with Gasteiger partial charge in [-0.05, 0) is 29.8 Å². The van der Waals surface area contributed by atoms with Gasteiger partial charge in [-0.15, -0.1) is 11.3 Å². The molecule has 27 heavy (non-hydrogen) atoms. The standard InChI is InChI=1S/C20H17N3O2S2/c1-27(24,25)18-7-5-15(6-8-18)14-23-11-9-19(22-23)16-3-2-4-17(13-16)20-21-10-12-26-20/h2-13H,14H2,1H3. The molecular formula is C20H17N3O2S2. The fraction of sp³-hybridized carbons (Fsp3) is 0.100. The molecule has 136 valence electrons. The van der Waals surface area contributed by atoms with Crippen molar-refractivity contribution in [2.45, 2.75) is 11.4 Å². The zero-order valence-electron chi connectivity index (χ0n) is 14.6. The second-order valence-corrected chi connectivity index (χ2v) is 9.14. The minimum atomic E-state index is -3.17. The van der Waals surface area contributed by atoms with E-state index in [0.29, 0.717) is 11.4 Å². The van der Waals surface area contributed by atoms with Gasteiger partial charge in [0.2, 0.25) is 0 Å². The maximum absolute atomic E-state index is 11.6. The van der Waals surface area contributed by atoms with Crippen LogP contribution in [0.4, 0.5) is 0 Å². The van der Waals surface area contributed by atoms with Crippen LogP contribution in [-0.4, -0.2) is 29.4 Å². The van der Waals surface area contributed by atoms with Crippen molar-refractivity contribution in [3.63, 3.8) is 0 Å². The Kier molecular flexibility index (Phi) is 4.63. The van der Waals surface area contributed by atoms with Crippen molar-refractivity contribution in [1.82, 2.24) is 14.8 Å². The van der Waals surface area contributed by atoms with Gasteiger partial charge in [0.05, 0.1) is 17.1 Å². The van der Waals surface area contributed by atoms with Gasteiger partial charge in [0, 0.05) is 35.2 Å². The largest absolute Gasteiger partial charge is 0.268 e. The van der Waals surface area contributed by atoms with Crippen LogP contribution in [0.2, 0.25) is 0 Å². The third-order valence-electron chi connectivity index (χ3n) is 4.17. The van der Waals surface area contributed by atoms with E-state index in [4.69, 9.17) is 0 Å². The Bertz CT molecular complexity index is 1160. The number of rotatable bonds is 5. The zero-order chi connectivity index (χ0) is 18.9. The van der Waals surface area contributed by atoms with Gasteiger partial charge in [0.15, 0.2) is 9.84 Å². The highest BCUT2D eigenvalue weighted by Crippen LogP contribution is 2.26. The number of thiazole rings is 1. The molecular weight excluding hydrogens is 378 g/mol. The van der Waals surface area contributed by atoms with E-state index in [2.05, 4.69) is 16.1 Å². The molecule has 0 unspecified atom stereocenters. The molecule has 2 aromatic carbocycles. The van der Waals surface area contributed by atoms with E-state index in [9.17, 15) is 8.42 Å². The van der Waals surface area contributed by atoms with Crippen LogP contribution >= 0.6 is 11.3 Å². The third-order valence-corrected chi connectivity index (χ3v) is 6.12. The van der Waals surface area contributed by atoms with Crippen LogP contribution in [0.15, 0.2) is 77.3 Å². The molecule has 0 saturated heterocycles. The minimum absolute atomic E-state index is 0.325. The van der Waals surface area contributed by atoms with Crippen LogP contribution in [0, 0.1) is 0 Å². The predicted molar refractivity (Wildman–Crippen MR) is 107 cm³/mol. The van der Waals surface area contributed by atoms with Crippen molar-refractivity contribution < 1.29 is 8.42 Å². The molecule has 0 saturated carbocycles. The Labute approximate surface area is 161 Å². The molecule has 0 aliphatic carbocycles. The minimum Gasteiger partial charge on any atom is -0.268 e. The fourth-order valence-electron chi connectivity index (χ4n) is 2.81. The average Bonchev–Trinajstić information content (AvgIpc) is 3.34. The molecule has 0 aliphatic heterocycles. The topological polar surface area (TPSA) is 64.8 Å². The highest BCUT2D eigenvalue weighted by molar-refractivity contribution is 7.90. The second-order valence-electron chi connectivity index (χ2n) is 6.23. The van der Waals surface area contributed by atoms with Crippen molar-refractivity contribution in [3.8, 4) is 21.8 Å². The van der Waals surface area contributed by atoms with Crippen molar-refractivity contribution >= 4 is 21.2 Å². The summed E-state index contributed by atoms with van der Waals surface area (Å²) < 4.78 is 25.0. The molecule has 0 radical (unpaired) electrons. The normalized spacial score (nSPS) is 11.6. The Balaban J connectivity index is 1.55. The van der Waals surface area contributed by atoms with Crippen molar-refractivity contribution in [3.05, 3.63) is 77.9 Å². The lowest BCUT2D eigenvalue weighted by molar-refractivity contribution is 0.602. The lowest BCUT2D eigenvalue weighted by Gasteiger charge is -2.04. The Morgan fingerprint density at radius 3 is 2.52 bits per heavy atom. The Morgan fingerprint density at radius 2 is 1.81 bits per heavy atom. The highest BCUT2D eigenvalue weighted by Gasteiger charge is 2.08. The summed E-state index contributed by atoms with van der Waals surface area (Å²) in [7, 11) is -3.17. The van der Waals surface area contributed by atoms with E-state index in [0.717, 1.165) is 27.4 Å². The second kappa shape index (κ2) is 7.09. The smallest absolute Gasteiger partial charge is 0.175 e. The summed E-state index contributed by atoms with van der Waals surface area (Å²) in [6, 6.07) is 17.1. The first-order valence-electron chi connectivity index (χ1n) is 8.32. The highest BCUT2D eigenvalue weighted by atomic mass is 32.2. The van der Waals surface area contributed by atoms with E-state index in [1.54, 1.807) is 29.7 Å². The summed E-state index contributed by atoms with van der Waals surface area (Å²) in [5.41, 5.74) is 4.00. The van der Waals surface area contributed by atoms with Crippen LogP contribution in [0.25, 0.3) is 21.8 Å². The first-order chi connectivity index (χ1) is 13.0. The van der Waals surface area contributed by atoms with Crippen LogP contribution < -0.4 is 0 Å². The average molecular weight is 396 g/mol. The number of benzene rings is 2. The molecule has 0 aliphatic rings. The number of aromatic nitrogens is 3. The molecule has 2 aromatic heterocycles. The van der Waals surface area contributed by atoms with Crippen LogP contribution in [0.5, 0.6) is 0 Å². The van der Waals surface area contributed by atoms with E-state index in [1.165, 1.54) is 6.26 Å². The van der Waals surface area contributed by atoms with Gasteiger partial charge in [0.1, 0.15) is 5.01 Å². The van der Waals surface area contributed by atoms with Crippen molar-refractivity contribution in [2.75, 3.05) is 6.26 Å². The molecule has 0 atom stereocenters. The first kappa shape index (κ1) is 17.6. The van der Waals surface area contributed by atoms with Crippen molar-refractivity contribution in [1.29, 1.82) is 0 Å². The van der Waals surface area contributed by atoms with Gasteiger partial charge >= 0.3 is 0 Å². The molecule has 0 amide bonds. The summed E-state index contributed by atoms with van der Waals surface area (Å²) in [6.45, 7) is 0.580. The van der Waals surface area contributed by atoms with Gasteiger partial charge in [-0.3, -0.25) is 4.68 Å². The van der Waals surface area contributed by atoms with E-state index in [-0.39, 0.29) is 0 Å². The Morgan fingerprint density at radius 1 is 1.04 bits per heavy atom. The number of sulfone groups is 1. The molecule has 0 N–H and O–H groups in total. The van der Waals surface area contributed by atoms with Crippen LogP contribution in [0.1, 0.15) is 5.56 Å². The maximum atomic E-state index is 11.6. The van der Waals surface area contributed by atoms with Crippen LogP contribution in [-0.2, 0) is 16.4 Å². The summed E-state index contributed by atoms with van der Waals surface area (Å²) in [4.78, 5) is 4.68. The van der Waals surface area contributed by atoms with Gasteiger partial charge < -0.3 is 0 Å². The molecule has 2 heterocycles. The maximum Gasteiger partial charge on any atom is 0.175 e. The zero-order valence-corrected chi connectivity index (χ0v) is 16.2. The van der Waals surface area contributed by atoms with E-state index < -0.39 is 9.84 Å². The number of nitrogens with zero attached hydrogens (tertiary/aromatic N) is 3. The van der Waals surface area contributed by atoms with Crippen LogP contribution in [0.3, 0.4) is 0 Å². The molecule has 4 aromatic rings. The van der Waals surface area contributed by atoms with Gasteiger partial charge in [-0.2, -0.15) is 5.10 Å². The summed E-state index contributed by atoms with van der Waals surface area (Å²) in [5, 5.41) is 7.60. The summed E-state index contributed by atoms with van der Waals surface area (Å²) in [6.07, 6.45) is 4.94. The SMILES string of the molecule is CS(=O)(=O)c1ccc(Cn2ccc(-c3cccc(-c4nccs4)c3)n2)cc1. The number of hydrogen-bond donors (Lipinski definition) is 0. The van der Waals surface area contributed by atoms with E-state index in [1.807, 2.05) is 52.7 Å². The molecule has 0 bridgehead atoms. The van der Waals surface area contributed by atoms with Gasteiger partial charge in [-0.1, -0.05) is 30.3 Å². The molecule has 0 fully saturated rings. The molecule has 4 rings (SSSR count). The van der Waals surface area contributed by atoms with Crippen molar-refractivity contribution in [2.24, 2.45) is 0 Å². The third kappa shape index (κ3) is 3.99. The number of hydrogen-bond acceptors (Lipinski definition) is 5. The lowest BCUT2D eigenvalue weighted by Crippen LogP contribution is -2.02. The molecule has 5 nitrogen and oxygen atoms in total. The molecule has 7 heteroatoms. The lowest BCUT2D eigenvalue weighted by atomic mass is 10.1. The monoisotopic (exact) mass is 395 g/mol. The Hall–Kier alpha value is -2.77. The summed E-state index contributed by atoms with van der Waals surface area (Å²) >= 11 is 1.61.